The van der Waals surface area contributed by atoms with E-state index in [-0.39, 0.29) is 18.2 Å². The highest BCUT2D eigenvalue weighted by Crippen LogP contribution is 2.17. The van der Waals surface area contributed by atoms with E-state index < -0.39 is 0 Å². The molecular formula is C20H25N3O2. The molecule has 0 aliphatic carbocycles. The van der Waals surface area contributed by atoms with Crippen LogP contribution in [0.1, 0.15) is 18.9 Å². The van der Waals surface area contributed by atoms with Crippen LogP contribution >= 0.6 is 0 Å². The number of hydrogen-bond acceptors (Lipinski definition) is 3. The van der Waals surface area contributed by atoms with Gasteiger partial charge < -0.3 is 15.1 Å². The molecule has 0 atom stereocenters. The zero-order valence-electron chi connectivity index (χ0n) is 15.2. The summed E-state index contributed by atoms with van der Waals surface area (Å²) in [4.78, 5) is 27.7. The van der Waals surface area contributed by atoms with Gasteiger partial charge in [-0.05, 0) is 43.3 Å². The molecule has 0 aliphatic heterocycles. The van der Waals surface area contributed by atoms with Crippen LogP contribution in [0.5, 0.6) is 0 Å². The summed E-state index contributed by atoms with van der Waals surface area (Å²) in [6.07, 6.45) is 0.239. The number of aryl methyl sites for hydroxylation is 1. The summed E-state index contributed by atoms with van der Waals surface area (Å²) >= 11 is 0. The van der Waals surface area contributed by atoms with Crippen molar-refractivity contribution in [2.75, 3.05) is 35.8 Å². The van der Waals surface area contributed by atoms with Gasteiger partial charge in [0, 0.05) is 51.0 Å². The molecule has 0 saturated carbocycles. The first kappa shape index (κ1) is 18.5. The van der Waals surface area contributed by atoms with Gasteiger partial charge >= 0.3 is 0 Å². The largest absolute Gasteiger partial charge is 0.378 e. The van der Waals surface area contributed by atoms with Gasteiger partial charge in [0.15, 0.2) is 0 Å². The quantitative estimate of drug-likeness (QED) is 0.877. The fraction of sp³-hybridized carbons (Fsp3) is 0.300. The van der Waals surface area contributed by atoms with Gasteiger partial charge in [-0.1, -0.05) is 17.7 Å². The molecule has 2 aromatic rings. The minimum atomic E-state index is -0.115. The molecule has 25 heavy (non-hydrogen) atoms. The number of rotatable bonds is 6. The van der Waals surface area contributed by atoms with Crippen molar-refractivity contribution >= 4 is 28.9 Å². The second-order valence-electron chi connectivity index (χ2n) is 6.25. The van der Waals surface area contributed by atoms with E-state index in [1.165, 1.54) is 6.92 Å². The molecule has 5 heteroatoms. The van der Waals surface area contributed by atoms with Gasteiger partial charge in [-0.15, -0.1) is 0 Å². The molecule has 0 fully saturated rings. The summed E-state index contributed by atoms with van der Waals surface area (Å²) in [5, 5.41) is 2.87. The summed E-state index contributed by atoms with van der Waals surface area (Å²) in [5.74, 6) is -0.192. The number of carbonyl (C=O) groups is 2. The second-order valence-corrected chi connectivity index (χ2v) is 6.25. The standard InChI is InChI=1S/C20H25N3O2/c1-15-5-9-19(10-6-15)23(16(2)24)14-13-20(25)21-17-7-11-18(12-8-17)22(3)4/h5-12H,13-14H2,1-4H3,(H,21,25). The monoisotopic (exact) mass is 339 g/mol. The maximum Gasteiger partial charge on any atom is 0.226 e. The average molecular weight is 339 g/mol. The highest BCUT2D eigenvalue weighted by atomic mass is 16.2. The van der Waals surface area contributed by atoms with Crippen LogP contribution in [0, 0.1) is 6.92 Å². The third-order valence-corrected chi connectivity index (χ3v) is 3.96. The Hall–Kier alpha value is -2.82. The van der Waals surface area contributed by atoms with Crippen LogP contribution < -0.4 is 15.1 Å². The van der Waals surface area contributed by atoms with Crippen molar-refractivity contribution in [3.8, 4) is 0 Å². The molecule has 0 bridgehead atoms. The Labute approximate surface area is 149 Å². The third-order valence-electron chi connectivity index (χ3n) is 3.96. The molecule has 0 saturated heterocycles. The first-order valence-electron chi connectivity index (χ1n) is 8.29. The summed E-state index contributed by atoms with van der Waals surface area (Å²) in [5.41, 5.74) is 3.76. The lowest BCUT2D eigenvalue weighted by atomic mass is 10.2. The molecule has 132 valence electrons. The van der Waals surface area contributed by atoms with E-state index in [1.54, 1.807) is 4.90 Å². The Balaban J connectivity index is 1.94. The molecule has 0 aliphatic rings. The molecule has 0 aromatic heterocycles. The third kappa shape index (κ3) is 5.35. The number of anilines is 3. The van der Waals surface area contributed by atoms with E-state index in [9.17, 15) is 9.59 Å². The van der Waals surface area contributed by atoms with Crippen molar-refractivity contribution in [1.82, 2.24) is 0 Å². The summed E-state index contributed by atoms with van der Waals surface area (Å²) in [7, 11) is 3.93. The molecule has 2 amide bonds. The Bertz CT molecular complexity index is 722. The Morgan fingerprint density at radius 1 is 0.920 bits per heavy atom. The van der Waals surface area contributed by atoms with Crippen molar-refractivity contribution in [2.45, 2.75) is 20.3 Å². The van der Waals surface area contributed by atoms with E-state index in [2.05, 4.69) is 5.32 Å². The zero-order chi connectivity index (χ0) is 18.4. The van der Waals surface area contributed by atoms with E-state index >= 15 is 0 Å². The SMILES string of the molecule is CC(=O)N(CCC(=O)Nc1ccc(N(C)C)cc1)c1ccc(C)cc1. The minimum Gasteiger partial charge on any atom is -0.378 e. The molecule has 0 unspecified atom stereocenters. The van der Waals surface area contributed by atoms with Gasteiger partial charge in [0.1, 0.15) is 0 Å². The van der Waals surface area contributed by atoms with Gasteiger partial charge in [0.2, 0.25) is 11.8 Å². The zero-order valence-corrected chi connectivity index (χ0v) is 15.2. The van der Waals surface area contributed by atoms with Crippen molar-refractivity contribution in [2.24, 2.45) is 0 Å². The summed E-state index contributed by atoms with van der Waals surface area (Å²) in [6, 6.07) is 15.3. The first-order valence-corrected chi connectivity index (χ1v) is 8.29. The number of nitrogens with one attached hydrogen (secondary N) is 1. The van der Waals surface area contributed by atoms with Crippen molar-refractivity contribution in [1.29, 1.82) is 0 Å². The number of carbonyl (C=O) groups excluding carboxylic acids is 2. The van der Waals surface area contributed by atoms with Crippen LogP contribution in [-0.4, -0.2) is 32.5 Å². The van der Waals surface area contributed by atoms with Gasteiger partial charge in [0.25, 0.3) is 0 Å². The predicted octanol–water partition coefficient (Wildman–Crippen LogP) is 3.44. The molecule has 0 heterocycles. The number of nitrogens with zero attached hydrogens (tertiary/aromatic N) is 2. The van der Waals surface area contributed by atoms with E-state index in [0.717, 1.165) is 22.6 Å². The minimum absolute atomic E-state index is 0.0769. The predicted molar refractivity (Wildman–Crippen MR) is 103 cm³/mol. The van der Waals surface area contributed by atoms with Crippen molar-refractivity contribution in [3.63, 3.8) is 0 Å². The van der Waals surface area contributed by atoms with E-state index in [1.807, 2.05) is 74.4 Å². The molecule has 0 spiro atoms. The maximum atomic E-state index is 12.2. The van der Waals surface area contributed by atoms with Crippen LogP contribution in [0.3, 0.4) is 0 Å². The van der Waals surface area contributed by atoms with Crippen molar-refractivity contribution < 1.29 is 9.59 Å². The molecule has 5 nitrogen and oxygen atoms in total. The smallest absolute Gasteiger partial charge is 0.226 e. The molecule has 1 N–H and O–H groups in total. The maximum absolute atomic E-state index is 12.2. The van der Waals surface area contributed by atoms with E-state index in [0.29, 0.717) is 6.54 Å². The van der Waals surface area contributed by atoms with Crippen LogP contribution in [0.15, 0.2) is 48.5 Å². The lowest BCUT2D eigenvalue weighted by Crippen LogP contribution is -2.31. The van der Waals surface area contributed by atoms with Crippen LogP contribution in [0.4, 0.5) is 17.1 Å². The average Bonchev–Trinajstić information content (AvgIpc) is 2.57. The summed E-state index contributed by atoms with van der Waals surface area (Å²) in [6.45, 7) is 3.86. The van der Waals surface area contributed by atoms with Gasteiger partial charge in [0.05, 0.1) is 0 Å². The lowest BCUT2D eigenvalue weighted by molar-refractivity contribution is -0.117. The highest BCUT2D eigenvalue weighted by Gasteiger charge is 2.13. The number of amides is 2. The first-order chi connectivity index (χ1) is 11.9. The number of benzene rings is 2. The van der Waals surface area contributed by atoms with Gasteiger partial charge in [-0.3, -0.25) is 9.59 Å². The number of hydrogen-bond donors (Lipinski definition) is 1. The van der Waals surface area contributed by atoms with Gasteiger partial charge in [-0.2, -0.15) is 0 Å². The molecule has 0 radical (unpaired) electrons. The topological polar surface area (TPSA) is 52.7 Å². The lowest BCUT2D eigenvalue weighted by Gasteiger charge is -2.21. The molecule has 2 rings (SSSR count). The van der Waals surface area contributed by atoms with Gasteiger partial charge in [-0.25, -0.2) is 0 Å². The normalized spacial score (nSPS) is 10.2. The van der Waals surface area contributed by atoms with Crippen molar-refractivity contribution in [3.05, 3.63) is 54.1 Å². The fourth-order valence-corrected chi connectivity index (χ4v) is 2.47. The molecular weight excluding hydrogens is 314 g/mol. The second kappa shape index (κ2) is 8.33. The Kier molecular flexibility index (Phi) is 6.17. The van der Waals surface area contributed by atoms with Crippen LogP contribution in [0.2, 0.25) is 0 Å². The Morgan fingerprint density at radius 2 is 1.48 bits per heavy atom. The van der Waals surface area contributed by atoms with Crippen LogP contribution in [0.25, 0.3) is 0 Å². The summed E-state index contributed by atoms with van der Waals surface area (Å²) < 4.78 is 0. The van der Waals surface area contributed by atoms with E-state index in [4.69, 9.17) is 0 Å². The fourth-order valence-electron chi connectivity index (χ4n) is 2.47. The highest BCUT2D eigenvalue weighted by molar-refractivity contribution is 5.94. The Morgan fingerprint density at radius 3 is 2.00 bits per heavy atom. The van der Waals surface area contributed by atoms with Crippen LogP contribution in [-0.2, 0) is 9.59 Å². The molecule has 2 aromatic carbocycles.